The number of fused-ring (bicyclic) bond motifs is 1. The molecule has 0 spiro atoms. The number of thioether (sulfide) groups is 1. The van der Waals surface area contributed by atoms with Crippen LogP contribution in [0.1, 0.15) is 0 Å². The van der Waals surface area contributed by atoms with E-state index in [1.807, 2.05) is 11.8 Å². The van der Waals surface area contributed by atoms with Crippen molar-refractivity contribution in [3.8, 4) is 0 Å². The van der Waals surface area contributed by atoms with E-state index in [1.165, 1.54) is 10.9 Å². The number of benzene rings is 1. The maximum atomic E-state index is 2.26. The van der Waals surface area contributed by atoms with E-state index in [-0.39, 0.29) is 0 Å². The van der Waals surface area contributed by atoms with Gasteiger partial charge in [-0.3, -0.25) is 0 Å². The molecule has 0 amide bonds. The van der Waals surface area contributed by atoms with E-state index in [4.69, 9.17) is 0 Å². The van der Waals surface area contributed by atoms with Crippen LogP contribution in [0, 0.1) is 0 Å². The van der Waals surface area contributed by atoms with Gasteiger partial charge in [-0.2, -0.15) is 4.57 Å². The molecule has 1 nitrogen and oxygen atoms in total. The molecule has 0 fully saturated rings. The second kappa shape index (κ2) is 3.79. The molecule has 1 aromatic heterocycles. The van der Waals surface area contributed by atoms with Crippen LogP contribution in [0.5, 0.6) is 0 Å². The number of hydrogen-bond donors (Lipinski definition) is 0. The van der Waals surface area contributed by atoms with Crippen LogP contribution in [0.4, 0.5) is 0 Å². The Morgan fingerprint density at radius 2 is 1.92 bits per heavy atom. The molecule has 0 radical (unpaired) electrons. The molecule has 0 aliphatic carbocycles. The Hall–Kier alpha value is -1.02. The van der Waals surface area contributed by atoms with Crippen molar-refractivity contribution < 1.29 is 4.57 Å². The van der Waals surface area contributed by atoms with Crippen LogP contribution in [0.3, 0.4) is 0 Å². The Kier molecular flexibility index (Phi) is 2.50. The number of para-hydroxylation sites is 1. The predicted octanol–water partition coefficient (Wildman–Crippen LogP) is 2.45. The van der Waals surface area contributed by atoms with Crippen molar-refractivity contribution in [2.75, 3.05) is 6.26 Å². The Labute approximate surface area is 82.4 Å². The summed E-state index contributed by atoms with van der Waals surface area (Å²) in [6.07, 6.45) is 4.24. The summed E-state index contributed by atoms with van der Waals surface area (Å²) in [6, 6.07) is 12.7. The van der Waals surface area contributed by atoms with Gasteiger partial charge < -0.3 is 0 Å². The lowest BCUT2D eigenvalue weighted by Gasteiger charge is -1.98. The molecule has 0 aliphatic heterocycles. The summed E-state index contributed by atoms with van der Waals surface area (Å²) in [5, 5.41) is 1.30. The first-order valence-corrected chi connectivity index (χ1v) is 5.67. The zero-order chi connectivity index (χ0) is 9.10. The summed E-state index contributed by atoms with van der Waals surface area (Å²) in [7, 11) is 0. The zero-order valence-corrected chi connectivity index (χ0v) is 8.42. The smallest absolute Gasteiger partial charge is 0.189 e. The third-order valence-electron chi connectivity index (χ3n) is 2.06. The first-order valence-electron chi connectivity index (χ1n) is 4.28. The highest BCUT2D eigenvalue weighted by molar-refractivity contribution is 7.97. The maximum absolute atomic E-state index is 2.26. The lowest BCUT2D eigenvalue weighted by atomic mass is 10.2. The van der Waals surface area contributed by atoms with Crippen LogP contribution in [0.15, 0.2) is 42.6 Å². The van der Waals surface area contributed by atoms with E-state index in [2.05, 4.69) is 53.4 Å². The van der Waals surface area contributed by atoms with Gasteiger partial charge in [0.05, 0.1) is 0 Å². The van der Waals surface area contributed by atoms with Gasteiger partial charge in [0.2, 0.25) is 5.52 Å². The number of rotatable bonds is 2. The van der Waals surface area contributed by atoms with Gasteiger partial charge in [-0.15, -0.1) is 0 Å². The van der Waals surface area contributed by atoms with Gasteiger partial charge in [0, 0.05) is 17.5 Å². The Morgan fingerprint density at radius 3 is 2.77 bits per heavy atom. The lowest BCUT2D eigenvalue weighted by Crippen LogP contribution is -2.32. The van der Waals surface area contributed by atoms with Crippen LogP contribution in [-0.4, -0.2) is 6.26 Å². The predicted molar refractivity (Wildman–Crippen MR) is 57.7 cm³/mol. The molecule has 0 saturated carbocycles. The average molecular weight is 190 g/mol. The molecule has 1 aromatic carbocycles. The minimum atomic E-state index is 1.02. The zero-order valence-electron chi connectivity index (χ0n) is 7.60. The van der Waals surface area contributed by atoms with Crippen molar-refractivity contribution in [3.05, 3.63) is 42.6 Å². The molecule has 2 aromatic rings. The highest BCUT2D eigenvalue weighted by Gasteiger charge is 2.04. The monoisotopic (exact) mass is 190 g/mol. The first kappa shape index (κ1) is 8.57. The van der Waals surface area contributed by atoms with Crippen LogP contribution < -0.4 is 4.57 Å². The van der Waals surface area contributed by atoms with E-state index in [1.54, 1.807) is 0 Å². The molecule has 0 N–H and O–H groups in total. The second-order valence-corrected chi connectivity index (χ2v) is 3.79. The summed E-state index contributed by atoms with van der Waals surface area (Å²) in [6.45, 7) is 0. The summed E-state index contributed by atoms with van der Waals surface area (Å²) in [4.78, 5) is 0. The van der Waals surface area contributed by atoms with E-state index in [0.717, 1.165) is 5.88 Å². The third kappa shape index (κ3) is 1.68. The van der Waals surface area contributed by atoms with Crippen molar-refractivity contribution >= 4 is 22.7 Å². The first-order chi connectivity index (χ1) is 6.42. The molecule has 2 rings (SSSR count). The van der Waals surface area contributed by atoms with Crippen LogP contribution in [0.2, 0.25) is 0 Å². The highest BCUT2D eigenvalue weighted by Crippen LogP contribution is 2.08. The second-order valence-electron chi connectivity index (χ2n) is 2.95. The number of pyridine rings is 1. The van der Waals surface area contributed by atoms with Gasteiger partial charge in [0.15, 0.2) is 12.1 Å². The molecule has 0 saturated heterocycles. The van der Waals surface area contributed by atoms with Crippen LogP contribution >= 0.6 is 11.8 Å². The summed E-state index contributed by atoms with van der Waals surface area (Å²) >= 11 is 1.83. The molecule has 13 heavy (non-hydrogen) atoms. The normalized spacial score (nSPS) is 10.5. The SMILES string of the molecule is CSC[n+]1cccc2ccccc21. The van der Waals surface area contributed by atoms with E-state index >= 15 is 0 Å². The average Bonchev–Trinajstić information content (AvgIpc) is 2.19. The van der Waals surface area contributed by atoms with Crippen molar-refractivity contribution in [2.45, 2.75) is 5.88 Å². The topological polar surface area (TPSA) is 3.88 Å². The fourth-order valence-corrected chi connectivity index (χ4v) is 1.98. The highest BCUT2D eigenvalue weighted by atomic mass is 32.2. The quantitative estimate of drug-likeness (QED) is 0.658. The van der Waals surface area contributed by atoms with Crippen molar-refractivity contribution in [2.24, 2.45) is 0 Å². The minimum absolute atomic E-state index is 1.02. The standard InChI is InChI=1S/C11H12NS/c1-13-9-12-8-4-6-10-5-2-3-7-11(10)12/h2-8H,9H2,1H3/q+1. The Morgan fingerprint density at radius 1 is 1.15 bits per heavy atom. The lowest BCUT2D eigenvalue weighted by molar-refractivity contribution is -0.649. The van der Waals surface area contributed by atoms with Gasteiger partial charge in [-0.05, 0) is 18.4 Å². The summed E-state index contributed by atoms with van der Waals surface area (Å²) in [5.41, 5.74) is 1.30. The van der Waals surface area contributed by atoms with Crippen molar-refractivity contribution in [3.63, 3.8) is 0 Å². The van der Waals surface area contributed by atoms with Gasteiger partial charge in [0.1, 0.15) is 0 Å². The van der Waals surface area contributed by atoms with Gasteiger partial charge in [-0.1, -0.05) is 23.9 Å². The molecular weight excluding hydrogens is 178 g/mol. The summed E-state index contributed by atoms with van der Waals surface area (Å²) < 4.78 is 2.26. The van der Waals surface area contributed by atoms with Crippen molar-refractivity contribution in [1.82, 2.24) is 0 Å². The van der Waals surface area contributed by atoms with Gasteiger partial charge in [0.25, 0.3) is 0 Å². The molecule has 66 valence electrons. The largest absolute Gasteiger partial charge is 0.213 e. The molecule has 1 heterocycles. The van der Waals surface area contributed by atoms with E-state index in [0.29, 0.717) is 0 Å². The van der Waals surface area contributed by atoms with Gasteiger partial charge in [-0.25, -0.2) is 0 Å². The molecular formula is C11H12NS+. The molecule has 0 atom stereocenters. The molecule has 0 aliphatic rings. The fourth-order valence-electron chi connectivity index (χ4n) is 1.47. The van der Waals surface area contributed by atoms with Crippen molar-refractivity contribution in [1.29, 1.82) is 0 Å². The number of aromatic nitrogens is 1. The van der Waals surface area contributed by atoms with Gasteiger partial charge >= 0.3 is 0 Å². The van der Waals surface area contributed by atoms with Crippen LogP contribution in [-0.2, 0) is 5.88 Å². The third-order valence-corrected chi connectivity index (χ3v) is 2.59. The fraction of sp³-hybridized carbons (Fsp3) is 0.182. The minimum Gasteiger partial charge on any atom is -0.189 e. The molecule has 0 unspecified atom stereocenters. The van der Waals surface area contributed by atoms with E-state index < -0.39 is 0 Å². The van der Waals surface area contributed by atoms with Crippen LogP contribution in [0.25, 0.3) is 10.9 Å². The Bertz CT molecular complexity index is 406. The number of hydrogen-bond acceptors (Lipinski definition) is 1. The summed E-state index contributed by atoms with van der Waals surface area (Å²) in [5.74, 6) is 1.02. The molecule has 0 bridgehead atoms. The number of nitrogens with zero attached hydrogens (tertiary/aromatic N) is 1. The maximum Gasteiger partial charge on any atom is 0.213 e. The molecule has 2 heteroatoms. The Balaban J connectivity index is 2.61. The van der Waals surface area contributed by atoms with E-state index in [9.17, 15) is 0 Å².